The zero-order valence-electron chi connectivity index (χ0n) is 16.4. The minimum atomic E-state index is -1.05. The number of aromatic amines is 1. The maximum atomic E-state index is 13.3. The Hall–Kier alpha value is -3.02. The number of rotatable bonds is 3. The van der Waals surface area contributed by atoms with Crippen molar-refractivity contribution < 1.29 is 4.55 Å². The van der Waals surface area contributed by atoms with Crippen LogP contribution in [0.3, 0.4) is 0 Å². The molecule has 6 aromatic rings. The topological polar surface area (TPSA) is 113 Å². The van der Waals surface area contributed by atoms with Crippen molar-refractivity contribution >= 4 is 60.3 Å². The molecule has 1 fully saturated rings. The second-order valence-corrected chi connectivity index (χ2v) is 10.8. The maximum absolute atomic E-state index is 13.3. The summed E-state index contributed by atoms with van der Waals surface area (Å²) < 4.78 is 17.5. The zero-order valence-corrected chi connectivity index (χ0v) is 18.1. The molecule has 154 valence electrons. The average molecular weight is 449 g/mol. The van der Waals surface area contributed by atoms with Gasteiger partial charge >= 0.3 is 0 Å². The summed E-state index contributed by atoms with van der Waals surface area (Å²) in [4.78, 5) is 10.3. The van der Waals surface area contributed by atoms with E-state index in [9.17, 15) is 4.55 Å². The molecule has 1 atom stereocenters. The van der Waals surface area contributed by atoms with E-state index in [1.54, 1.807) is 21.7 Å². The standard InChI is InChI=1S/C20H16N8OS2/c1-27-18-14(24-26-27)7-10(9-21-18)13-8-12-15-5-6-22-28(15)25-17-16(12)19(23-13)30-20(17)31(29)11-3-2-4-11/h5-9,11,25H,2-4H2,1H3. The Bertz CT molecular complexity index is 1620. The molecular weight excluding hydrogens is 432 g/mol. The molecule has 0 saturated heterocycles. The van der Waals surface area contributed by atoms with Gasteiger partial charge in [0.25, 0.3) is 0 Å². The summed E-state index contributed by atoms with van der Waals surface area (Å²) in [6.07, 6.45) is 6.75. The third-order valence-corrected chi connectivity index (χ3v) is 9.31. The van der Waals surface area contributed by atoms with Gasteiger partial charge < -0.3 is 4.55 Å². The maximum Gasteiger partial charge on any atom is 0.234 e. The number of H-pyrrole nitrogens is 1. The lowest BCUT2D eigenvalue weighted by molar-refractivity contribution is 0.478. The molecule has 0 spiro atoms. The minimum absolute atomic E-state index is 0.233. The first kappa shape index (κ1) is 17.6. The van der Waals surface area contributed by atoms with Crippen LogP contribution >= 0.6 is 11.3 Å². The predicted molar refractivity (Wildman–Crippen MR) is 120 cm³/mol. The molecule has 11 heteroatoms. The quantitative estimate of drug-likeness (QED) is 0.415. The fourth-order valence-electron chi connectivity index (χ4n) is 4.18. The molecule has 0 radical (unpaired) electrons. The molecule has 1 N–H and O–H groups in total. The molecule has 6 aromatic heterocycles. The monoisotopic (exact) mass is 448 g/mol. The van der Waals surface area contributed by atoms with Gasteiger partial charge in [-0.15, -0.1) is 5.10 Å². The van der Waals surface area contributed by atoms with Crippen molar-refractivity contribution in [2.75, 3.05) is 0 Å². The molecular formula is C20H16N8OS2. The highest BCUT2D eigenvalue weighted by Crippen LogP contribution is 2.43. The van der Waals surface area contributed by atoms with Crippen LogP contribution in [0.4, 0.5) is 0 Å². The molecule has 0 aliphatic heterocycles. The lowest BCUT2D eigenvalue weighted by Crippen LogP contribution is -2.28. The number of fused-ring (bicyclic) bond motifs is 3. The summed E-state index contributed by atoms with van der Waals surface area (Å²) in [6.45, 7) is 0. The van der Waals surface area contributed by atoms with Gasteiger partial charge in [-0.1, -0.05) is 16.6 Å². The van der Waals surface area contributed by atoms with E-state index >= 15 is 0 Å². The first-order valence-corrected chi connectivity index (χ1v) is 12.1. The first-order valence-electron chi connectivity index (χ1n) is 10.0. The van der Waals surface area contributed by atoms with Crippen LogP contribution in [-0.2, 0) is 18.2 Å². The molecule has 1 saturated carbocycles. The molecule has 0 aromatic carbocycles. The summed E-state index contributed by atoms with van der Waals surface area (Å²) >= 11 is 0.462. The molecule has 9 nitrogen and oxygen atoms in total. The van der Waals surface area contributed by atoms with Gasteiger partial charge in [0.1, 0.15) is 21.1 Å². The smallest absolute Gasteiger partial charge is 0.234 e. The van der Waals surface area contributed by atoms with Gasteiger partial charge in [-0.05, 0) is 37.5 Å². The highest BCUT2D eigenvalue weighted by molar-refractivity contribution is 7.94. The van der Waals surface area contributed by atoms with Crippen LogP contribution in [0.2, 0.25) is 0 Å². The van der Waals surface area contributed by atoms with Crippen LogP contribution in [0.1, 0.15) is 19.3 Å². The van der Waals surface area contributed by atoms with Crippen molar-refractivity contribution in [1.82, 2.24) is 39.8 Å². The number of hydrogen-bond donors (Lipinski definition) is 1. The van der Waals surface area contributed by atoms with Gasteiger partial charge in [0.05, 0.1) is 22.8 Å². The number of aromatic nitrogens is 8. The summed E-state index contributed by atoms with van der Waals surface area (Å²) in [7, 11) is 1.82. The average Bonchev–Trinajstić information content (AvgIpc) is 3.45. The number of aryl methyl sites for hydroxylation is 1. The second kappa shape index (κ2) is 6.25. The van der Waals surface area contributed by atoms with Gasteiger partial charge in [0.15, 0.2) is 5.65 Å². The van der Waals surface area contributed by atoms with Crippen molar-refractivity contribution in [3.63, 3.8) is 0 Å². The van der Waals surface area contributed by atoms with Crippen LogP contribution in [-0.4, -0.2) is 49.6 Å². The number of nitrogens with one attached hydrogen (secondary N) is 1. The molecule has 7 rings (SSSR count). The molecule has 1 aliphatic rings. The van der Waals surface area contributed by atoms with E-state index in [1.165, 1.54) is 11.3 Å². The number of thiophene rings is 1. The van der Waals surface area contributed by atoms with E-state index in [1.807, 2.05) is 19.2 Å². The van der Waals surface area contributed by atoms with E-state index in [0.29, 0.717) is 0 Å². The number of pyridine rings is 2. The SMILES string of the molecule is Cn1nnc2cc(-c3cc4c5c(n3)sc([S+]([O-])C3CCC3)c5[nH]n3nccc43)cnc21. The molecule has 0 amide bonds. The summed E-state index contributed by atoms with van der Waals surface area (Å²) in [6, 6.07) is 5.98. The third kappa shape index (κ3) is 2.45. The molecule has 1 unspecified atom stereocenters. The van der Waals surface area contributed by atoms with Gasteiger partial charge in [0.2, 0.25) is 4.21 Å². The Kier molecular flexibility index (Phi) is 3.56. The largest absolute Gasteiger partial charge is 0.611 e. The van der Waals surface area contributed by atoms with E-state index in [2.05, 4.69) is 31.6 Å². The first-order chi connectivity index (χ1) is 15.2. The van der Waals surface area contributed by atoms with Crippen molar-refractivity contribution in [2.24, 2.45) is 7.05 Å². The van der Waals surface area contributed by atoms with Crippen LogP contribution < -0.4 is 0 Å². The summed E-state index contributed by atoms with van der Waals surface area (Å²) in [5.41, 5.74) is 4.94. The van der Waals surface area contributed by atoms with Gasteiger partial charge in [-0.2, -0.15) is 9.73 Å². The molecule has 31 heavy (non-hydrogen) atoms. The zero-order chi connectivity index (χ0) is 20.7. The normalized spacial score (nSPS) is 16.1. The Morgan fingerprint density at radius 1 is 1.29 bits per heavy atom. The highest BCUT2D eigenvalue weighted by Gasteiger charge is 2.35. The van der Waals surface area contributed by atoms with Gasteiger partial charge in [-0.25, -0.2) is 14.6 Å². The summed E-state index contributed by atoms with van der Waals surface area (Å²) in [5, 5.41) is 18.3. The Morgan fingerprint density at radius 3 is 3.03 bits per heavy atom. The Balaban J connectivity index is 1.52. The number of nitrogens with zero attached hydrogens (tertiary/aromatic N) is 7. The van der Waals surface area contributed by atoms with E-state index in [0.717, 1.165) is 72.5 Å². The summed E-state index contributed by atoms with van der Waals surface area (Å²) in [5.74, 6) is 0. The van der Waals surface area contributed by atoms with Crippen molar-refractivity contribution in [3.8, 4) is 11.3 Å². The van der Waals surface area contributed by atoms with E-state index in [-0.39, 0.29) is 5.25 Å². The van der Waals surface area contributed by atoms with Crippen LogP contribution in [0.5, 0.6) is 0 Å². The van der Waals surface area contributed by atoms with Crippen molar-refractivity contribution in [2.45, 2.75) is 28.7 Å². The fraction of sp³-hybridized carbons (Fsp3) is 0.250. The molecule has 1 aliphatic carbocycles. The highest BCUT2D eigenvalue weighted by atomic mass is 32.2. The minimum Gasteiger partial charge on any atom is -0.611 e. The van der Waals surface area contributed by atoms with Gasteiger partial charge in [-0.3, -0.25) is 5.10 Å². The Morgan fingerprint density at radius 2 is 2.19 bits per heavy atom. The lowest BCUT2D eigenvalue weighted by Gasteiger charge is -2.26. The molecule has 6 heterocycles. The van der Waals surface area contributed by atoms with Crippen LogP contribution in [0, 0.1) is 0 Å². The van der Waals surface area contributed by atoms with Gasteiger partial charge in [0, 0.05) is 35.4 Å². The predicted octanol–water partition coefficient (Wildman–Crippen LogP) is 3.43. The fourth-order valence-corrected chi connectivity index (χ4v) is 7.45. The van der Waals surface area contributed by atoms with Crippen molar-refractivity contribution in [3.05, 3.63) is 30.6 Å². The second-order valence-electron chi connectivity index (χ2n) is 7.87. The van der Waals surface area contributed by atoms with Crippen molar-refractivity contribution in [1.29, 1.82) is 0 Å². The lowest BCUT2D eigenvalue weighted by atomic mass is 10.0. The van der Waals surface area contributed by atoms with E-state index in [4.69, 9.17) is 4.98 Å². The third-order valence-electron chi connectivity index (χ3n) is 6.04. The van der Waals surface area contributed by atoms with Crippen LogP contribution in [0.25, 0.3) is 49.1 Å². The number of hydrogen-bond acceptors (Lipinski definition) is 7. The van der Waals surface area contributed by atoms with E-state index < -0.39 is 11.2 Å². The Labute approximate surface area is 182 Å². The van der Waals surface area contributed by atoms with Crippen LogP contribution in [0.15, 0.2) is 34.8 Å². The molecule has 0 bridgehead atoms.